The van der Waals surface area contributed by atoms with E-state index in [1.807, 2.05) is 4.90 Å². The highest BCUT2D eigenvalue weighted by molar-refractivity contribution is 5.97. The zero-order valence-corrected chi connectivity index (χ0v) is 12.8. The first-order chi connectivity index (χ1) is 10.2. The number of piperidine rings is 1. The van der Waals surface area contributed by atoms with Crippen LogP contribution in [-0.4, -0.2) is 48.7 Å². The molecule has 5 nitrogen and oxygen atoms in total. The van der Waals surface area contributed by atoms with Crippen molar-refractivity contribution in [3.63, 3.8) is 0 Å². The molecule has 1 aliphatic heterocycles. The molecule has 0 spiro atoms. The van der Waals surface area contributed by atoms with Gasteiger partial charge < -0.3 is 20.1 Å². The molecule has 1 aliphatic rings. The molecule has 2 rings (SSSR count). The summed E-state index contributed by atoms with van der Waals surface area (Å²) in [6.45, 7) is 4.64. The van der Waals surface area contributed by atoms with Crippen molar-refractivity contribution in [2.24, 2.45) is 0 Å². The van der Waals surface area contributed by atoms with Crippen molar-refractivity contribution in [2.75, 3.05) is 26.7 Å². The minimum absolute atomic E-state index is 0.0100. The van der Waals surface area contributed by atoms with Crippen molar-refractivity contribution >= 4 is 5.91 Å². The van der Waals surface area contributed by atoms with Gasteiger partial charge in [-0.15, -0.1) is 0 Å². The Labute approximate surface area is 125 Å². The number of carbonyl (C=O) groups excluding carboxylic acids is 1. The van der Waals surface area contributed by atoms with Crippen LogP contribution in [0.4, 0.5) is 0 Å². The van der Waals surface area contributed by atoms with Crippen LogP contribution >= 0.6 is 0 Å². The van der Waals surface area contributed by atoms with Gasteiger partial charge in [0.05, 0.1) is 12.7 Å². The van der Waals surface area contributed by atoms with Gasteiger partial charge in [0.15, 0.2) is 0 Å². The van der Waals surface area contributed by atoms with E-state index in [2.05, 4.69) is 12.2 Å². The monoisotopic (exact) mass is 292 g/mol. The number of phenolic OH excluding ortho intramolecular Hbond substituents is 1. The Balaban J connectivity index is 2.24. The maximum atomic E-state index is 12.8. The van der Waals surface area contributed by atoms with Crippen molar-refractivity contribution < 1.29 is 14.6 Å². The summed E-state index contributed by atoms with van der Waals surface area (Å²) in [6.07, 6.45) is 2.81. The molecule has 1 amide bonds. The zero-order valence-electron chi connectivity index (χ0n) is 12.8. The van der Waals surface area contributed by atoms with Crippen LogP contribution in [0.2, 0.25) is 0 Å². The van der Waals surface area contributed by atoms with Crippen molar-refractivity contribution in [2.45, 2.75) is 32.2 Å². The molecule has 5 heteroatoms. The highest BCUT2D eigenvalue weighted by atomic mass is 16.5. The third kappa shape index (κ3) is 3.67. The number of phenols is 1. The molecule has 0 atom stereocenters. The molecule has 0 bridgehead atoms. The lowest BCUT2D eigenvalue weighted by Gasteiger charge is -2.34. The van der Waals surface area contributed by atoms with Crippen molar-refractivity contribution in [3.8, 4) is 11.5 Å². The highest BCUT2D eigenvalue weighted by Gasteiger charge is 2.27. The standard InChI is InChI=1S/C16H24N2O3/c1-3-10-18(12-6-8-17-9-7-12)16(20)14-11-13(21-2)4-5-15(14)19/h4-5,11-12,17,19H,3,6-10H2,1-2H3. The minimum atomic E-state index is -0.111. The Morgan fingerprint density at radius 1 is 1.43 bits per heavy atom. The topological polar surface area (TPSA) is 61.8 Å². The Bertz CT molecular complexity index is 484. The molecule has 21 heavy (non-hydrogen) atoms. The number of methoxy groups -OCH3 is 1. The number of carbonyl (C=O) groups is 1. The Morgan fingerprint density at radius 2 is 2.14 bits per heavy atom. The second kappa shape index (κ2) is 7.31. The summed E-state index contributed by atoms with van der Waals surface area (Å²) in [7, 11) is 1.55. The number of ether oxygens (including phenoxy) is 1. The maximum Gasteiger partial charge on any atom is 0.257 e. The lowest BCUT2D eigenvalue weighted by molar-refractivity contribution is 0.0639. The van der Waals surface area contributed by atoms with E-state index in [1.54, 1.807) is 19.2 Å². The van der Waals surface area contributed by atoms with Gasteiger partial charge in [0, 0.05) is 12.6 Å². The first-order valence-corrected chi connectivity index (χ1v) is 7.56. The molecule has 1 aromatic rings. The van der Waals surface area contributed by atoms with Gasteiger partial charge in [-0.1, -0.05) is 6.92 Å². The van der Waals surface area contributed by atoms with Crippen LogP contribution < -0.4 is 10.1 Å². The Morgan fingerprint density at radius 3 is 2.76 bits per heavy atom. The number of benzene rings is 1. The Hall–Kier alpha value is -1.75. The molecule has 116 valence electrons. The van der Waals surface area contributed by atoms with Crippen LogP contribution in [0.1, 0.15) is 36.5 Å². The first kappa shape index (κ1) is 15.6. The normalized spacial score (nSPS) is 15.7. The van der Waals surface area contributed by atoms with Gasteiger partial charge in [-0.2, -0.15) is 0 Å². The average Bonchev–Trinajstić information content (AvgIpc) is 2.53. The fourth-order valence-corrected chi connectivity index (χ4v) is 2.78. The number of nitrogens with zero attached hydrogens (tertiary/aromatic N) is 1. The number of hydrogen-bond acceptors (Lipinski definition) is 4. The van der Waals surface area contributed by atoms with E-state index >= 15 is 0 Å². The smallest absolute Gasteiger partial charge is 0.257 e. The summed E-state index contributed by atoms with van der Waals surface area (Å²) in [5.74, 6) is 0.480. The second-order valence-corrected chi connectivity index (χ2v) is 5.36. The molecule has 1 aromatic carbocycles. The summed E-state index contributed by atoms with van der Waals surface area (Å²) in [5, 5.41) is 13.3. The lowest BCUT2D eigenvalue weighted by Crippen LogP contribution is -2.46. The van der Waals surface area contributed by atoms with Crippen LogP contribution in [0.5, 0.6) is 11.5 Å². The summed E-state index contributed by atoms with van der Waals surface area (Å²) < 4.78 is 5.15. The zero-order chi connectivity index (χ0) is 15.2. The van der Waals surface area contributed by atoms with Crippen LogP contribution in [0.25, 0.3) is 0 Å². The van der Waals surface area contributed by atoms with E-state index in [0.717, 1.165) is 32.4 Å². The molecular formula is C16H24N2O3. The first-order valence-electron chi connectivity index (χ1n) is 7.56. The second-order valence-electron chi connectivity index (χ2n) is 5.36. The average molecular weight is 292 g/mol. The SMILES string of the molecule is CCCN(C(=O)c1cc(OC)ccc1O)C1CCNCC1. The molecule has 2 N–H and O–H groups in total. The summed E-state index contributed by atoms with van der Waals surface area (Å²) >= 11 is 0. The summed E-state index contributed by atoms with van der Waals surface area (Å²) in [4.78, 5) is 14.7. The van der Waals surface area contributed by atoms with E-state index in [9.17, 15) is 9.90 Å². The molecule has 1 fully saturated rings. The lowest BCUT2D eigenvalue weighted by atomic mass is 10.0. The third-order valence-electron chi connectivity index (χ3n) is 3.91. The van der Waals surface area contributed by atoms with E-state index in [-0.39, 0.29) is 17.7 Å². The van der Waals surface area contributed by atoms with Gasteiger partial charge in [0.2, 0.25) is 0 Å². The molecule has 1 heterocycles. The van der Waals surface area contributed by atoms with Crippen molar-refractivity contribution in [1.82, 2.24) is 10.2 Å². The highest BCUT2D eigenvalue weighted by Crippen LogP contribution is 2.26. The van der Waals surface area contributed by atoms with Crippen LogP contribution in [0.15, 0.2) is 18.2 Å². The van der Waals surface area contributed by atoms with Gasteiger partial charge in [-0.3, -0.25) is 4.79 Å². The van der Waals surface area contributed by atoms with E-state index in [1.165, 1.54) is 6.07 Å². The van der Waals surface area contributed by atoms with Gasteiger partial charge >= 0.3 is 0 Å². The van der Waals surface area contributed by atoms with Gasteiger partial charge in [-0.25, -0.2) is 0 Å². The quantitative estimate of drug-likeness (QED) is 0.871. The fraction of sp³-hybridized carbons (Fsp3) is 0.562. The predicted molar refractivity (Wildman–Crippen MR) is 81.9 cm³/mol. The van der Waals surface area contributed by atoms with Gasteiger partial charge in [0.1, 0.15) is 11.5 Å². The van der Waals surface area contributed by atoms with Gasteiger partial charge in [0.25, 0.3) is 5.91 Å². The van der Waals surface area contributed by atoms with Crippen LogP contribution in [0, 0.1) is 0 Å². The molecular weight excluding hydrogens is 268 g/mol. The minimum Gasteiger partial charge on any atom is -0.507 e. The van der Waals surface area contributed by atoms with Crippen LogP contribution in [0.3, 0.4) is 0 Å². The van der Waals surface area contributed by atoms with Crippen molar-refractivity contribution in [3.05, 3.63) is 23.8 Å². The summed E-state index contributed by atoms with van der Waals surface area (Å²) in [6, 6.07) is 5.02. The third-order valence-corrected chi connectivity index (χ3v) is 3.91. The summed E-state index contributed by atoms with van der Waals surface area (Å²) in [5.41, 5.74) is 0.321. The molecule has 0 unspecified atom stereocenters. The number of aromatic hydroxyl groups is 1. The van der Waals surface area contributed by atoms with Gasteiger partial charge in [-0.05, 0) is 50.6 Å². The molecule has 0 aromatic heterocycles. The Kier molecular flexibility index (Phi) is 5.44. The molecule has 1 saturated heterocycles. The number of hydrogen-bond donors (Lipinski definition) is 2. The number of rotatable bonds is 5. The molecule has 0 aliphatic carbocycles. The molecule has 0 saturated carbocycles. The van der Waals surface area contributed by atoms with E-state index < -0.39 is 0 Å². The van der Waals surface area contributed by atoms with Crippen molar-refractivity contribution in [1.29, 1.82) is 0 Å². The molecule has 0 radical (unpaired) electrons. The van der Waals surface area contributed by atoms with Crippen LogP contribution in [-0.2, 0) is 0 Å². The number of nitrogens with one attached hydrogen (secondary N) is 1. The van der Waals surface area contributed by atoms with E-state index in [4.69, 9.17) is 4.74 Å². The van der Waals surface area contributed by atoms with E-state index in [0.29, 0.717) is 17.9 Å². The fourth-order valence-electron chi connectivity index (χ4n) is 2.78. The number of amides is 1. The maximum absolute atomic E-state index is 12.8. The predicted octanol–water partition coefficient (Wildman–Crippen LogP) is 2.00. The largest absolute Gasteiger partial charge is 0.507 e.